The van der Waals surface area contributed by atoms with E-state index < -0.39 is 5.91 Å². The maximum Gasteiger partial charge on any atom is 0.305 e. The zero-order valence-corrected chi connectivity index (χ0v) is 7.13. The molecule has 0 aliphatic rings. The molecule has 0 aliphatic heterocycles. The summed E-state index contributed by atoms with van der Waals surface area (Å²) in [6, 6.07) is 0. The van der Waals surface area contributed by atoms with Gasteiger partial charge in [-0.25, -0.2) is 0 Å². The van der Waals surface area contributed by atoms with Crippen LogP contribution in [-0.4, -0.2) is 32.1 Å². The minimum absolute atomic E-state index is 0.154. The van der Waals surface area contributed by atoms with Gasteiger partial charge in [0.05, 0.1) is 13.7 Å². The number of rotatable bonds is 6. The summed E-state index contributed by atoms with van der Waals surface area (Å²) in [7, 11) is 1.35. The van der Waals surface area contributed by atoms with Crippen molar-refractivity contribution in [3.8, 4) is 0 Å². The summed E-state index contributed by atoms with van der Waals surface area (Å²) in [5, 5.41) is 2.78. The van der Waals surface area contributed by atoms with Crippen molar-refractivity contribution in [2.75, 3.05) is 20.2 Å². The van der Waals surface area contributed by atoms with Gasteiger partial charge < -0.3 is 15.8 Å². The zero-order chi connectivity index (χ0) is 9.40. The van der Waals surface area contributed by atoms with Crippen LogP contribution in [0.2, 0.25) is 0 Å². The number of carbonyl (C=O) groups is 2. The normalized spacial score (nSPS) is 9.42. The second-order valence-electron chi connectivity index (χ2n) is 2.32. The van der Waals surface area contributed by atoms with Crippen LogP contribution in [0.4, 0.5) is 0 Å². The summed E-state index contributed by atoms with van der Waals surface area (Å²) in [5.74, 6) is -0.635. The first-order valence-electron chi connectivity index (χ1n) is 3.72. The number of methoxy groups -OCH3 is 1. The summed E-state index contributed by atoms with van der Waals surface area (Å²) < 4.78 is 4.42. The number of carbonyl (C=O) groups excluding carboxylic acids is 2. The highest BCUT2D eigenvalue weighted by atomic mass is 16.5. The van der Waals surface area contributed by atoms with Gasteiger partial charge in [0.1, 0.15) is 0 Å². The summed E-state index contributed by atoms with van der Waals surface area (Å²) in [4.78, 5) is 20.8. The molecule has 0 unspecified atom stereocenters. The average Bonchev–Trinajstić information content (AvgIpc) is 2.03. The summed E-state index contributed by atoms with van der Waals surface area (Å²) >= 11 is 0. The topological polar surface area (TPSA) is 81.4 Å². The fraction of sp³-hybridized carbons (Fsp3) is 0.714. The Morgan fingerprint density at radius 2 is 2.17 bits per heavy atom. The van der Waals surface area contributed by atoms with Crippen molar-refractivity contribution < 1.29 is 14.3 Å². The molecule has 3 N–H and O–H groups in total. The summed E-state index contributed by atoms with van der Waals surface area (Å²) in [6.07, 6.45) is 1.02. The van der Waals surface area contributed by atoms with E-state index in [1.54, 1.807) is 0 Å². The van der Waals surface area contributed by atoms with Crippen LogP contribution >= 0.6 is 0 Å². The maximum absolute atomic E-state index is 10.6. The lowest BCUT2D eigenvalue weighted by Gasteiger charge is -2.00. The summed E-state index contributed by atoms with van der Waals surface area (Å²) in [5.41, 5.74) is 4.87. The monoisotopic (exact) mass is 174 g/mol. The van der Waals surface area contributed by atoms with Crippen molar-refractivity contribution in [3.05, 3.63) is 0 Å². The molecule has 0 rings (SSSR count). The molecule has 0 radical (unpaired) electrons. The van der Waals surface area contributed by atoms with E-state index >= 15 is 0 Å². The van der Waals surface area contributed by atoms with Gasteiger partial charge in [0.2, 0.25) is 5.91 Å². The molecule has 0 spiro atoms. The van der Waals surface area contributed by atoms with Crippen LogP contribution in [0.15, 0.2) is 0 Å². The van der Waals surface area contributed by atoms with E-state index in [1.807, 2.05) is 0 Å². The maximum atomic E-state index is 10.6. The van der Waals surface area contributed by atoms with Gasteiger partial charge in [0.25, 0.3) is 0 Å². The van der Waals surface area contributed by atoms with Crippen LogP contribution in [0, 0.1) is 0 Å². The number of esters is 1. The molecule has 0 saturated carbocycles. The first kappa shape index (κ1) is 10.9. The van der Waals surface area contributed by atoms with Crippen LogP contribution in [0.25, 0.3) is 0 Å². The van der Waals surface area contributed by atoms with Gasteiger partial charge >= 0.3 is 5.97 Å². The van der Waals surface area contributed by atoms with Gasteiger partial charge in [-0.05, 0) is 13.0 Å². The van der Waals surface area contributed by atoms with Crippen molar-refractivity contribution in [3.63, 3.8) is 0 Å². The molecule has 0 aromatic heterocycles. The van der Waals surface area contributed by atoms with Crippen LogP contribution in [0.1, 0.15) is 12.8 Å². The van der Waals surface area contributed by atoms with Gasteiger partial charge in [0, 0.05) is 6.42 Å². The predicted molar refractivity (Wildman–Crippen MR) is 43.3 cm³/mol. The third-order valence-electron chi connectivity index (χ3n) is 1.26. The quantitative estimate of drug-likeness (QED) is 0.400. The van der Waals surface area contributed by atoms with E-state index in [0.29, 0.717) is 19.4 Å². The summed E-state index contributed by atoms with van der Waals surface area (Å²) in [6.45, 7) is 0.749. The predicted octanol–water partition coefficient (Wildman–Crippen LogP) is -0.985. The molecule has 1 amide bonds. The molecule has 70 valence electrons. The fourth-order valence-electron chi connectivity index (χ4n) is 0.671. The lowest BCUT2D eigenvalue weighted by Crippen LogP contribution is -2.29. The molecule has 0 aliphatic carbocycles. The Labute approximate surface area is 71.3 Å². The Morgan fingerprint density at radius 1 is 1.50 bits per heavy atom. The Balaban J connectivity index is 3.11. The van der Waals surface area contributed by atoms with Gasteiger partial charge in [0.15, 0.2) is 0 Å². The average molecular weight is 174 g/mol. The highest BCUT2D eigenvalue weighted by Gasteiger charge is 1.98. The molecule has 0 heterocycles. The molecule has 0 aromatic rings. The van der Waals surface area contributed by atoms with E-state index in [0.717, 1.165) is 0 Å². The molecular formula is C7H14N2O3. The third kappa shape index (κ3) is 7.01. The molecule has 5 heteroatoms. The van der Waals surface area contributed by atoms with E-state index in [1.165, 1.54) is 7.11 Å². The second-order valence-corrected chi connectivity index (χ2v) is 2.32. The van der Waals surface area contributed by atoms with Gasteiger partial charge in [-0.15, -0.1) is 0 Å². The Bertz CT molecular complexity index is 159. The Kier molecular flexibility index (Phi) is 6.00. The van der Waals surface area contributed by atoms with E-state index in [9.17, 15) is 9.59 Å². The highest BCUT2D eigenvalue weighted by Crippen LogP contribution is 1.88. The number of hydrogen-bond acceptors (Lipinski definition) is 4. The van der Waals surface area contributed by atoms with E-state index in [-0.39, 0.29) is 12.5 Å². The number of amides is 1. The number of primary amides is 1. The molecule has 0 atom stereocenters. The lowest BCUT2D eigenvalue weighted by molar-refractivity contribution is -0.140. The standard InChI is InChI=1S/C7H14N2O3/c1-12-7(11)3-2-4-9-5-6(8)10/h9H,2-5H2,1H3,(H2,8,10). The van der Waals surface area contributed by atoms with Crippen LogP contribution < -0.4 is 11.1 Å². The SMILES string of the molecule is COC(=O)CCCNCC(N)=O. The van der Waals surface area contributed by atoms with Crippen molar-refractivity contribution in [1.82, 2.24) is 5.32 Å². The van der Waals surface area contributed by atoms with Crippen LogP contribution in [0.3, 0.4) is 0 Å². The van der Waals surface area contributed by atoms with Crippen LogP contribution in [-0.2, 0) is 14.3 Å². The number of ether oxygens (including phenoxy) is 1. The fourth-order valence-corrected chi connectivity index (χ4v) is 0.671. The van der Waals surface area contributed by atoms with Crippen molar-refractivity contribution in [2.45, 2.75) is 12.8 Å². The number of nitrogens with two attached hydrogens (primary N) is 1. The first-order chi connectivity index (χ1) is 5.66. The van der Waals surface area contributed by atoms with Gasteiger partial charge in [-0.3, -0.25) is 9.59 Å². The first-order valence-corrected chi connectivity index (χ1v) is 3.72. The molecule has 12 heavy (non-hydrogen) atoms. The van der Waals surface area contributed by atoms with Gasteiger partial charge in [-0.1, -0.05) is 0 Å². The molecule has 0 aromatic carbocycles. The second kappa shape index (κ2) is 6.60. The zero-order valence-electron chi connectivity index (χ0n) is 7.13. The molecule has 0 saturated heterocycles. The lowest BCUT2D eigenvalue weighted by atomic mass is 10.3. The minimum atomic E-state index is -0.395. The largest absolute Gasteiger partial charge is 0.469 e. The van der Waals surface area contributed by atoms with E-state index in [4.69, 9.17) is 5.73 Å². The van der Waals surface area contributed by atoms with Crippen LogP contribution in [0.5, 0.6) is 0 Å². The van der Waals surface area contributed by atoms with Crippen molar-refractivity contribution in [2.24, 2.45) is 5.73 Å². The van der Waals surface area contributed by atoms with E-state index in [2.05, 4.69) is 10.1 Å². The number of nitrogens with one attached hydrogen (secondary N) is 1. The minimum Gasteiger partial charge on any atom is -0.469 e. The van der Waals surface area contributed by atoms with Crippen molar-refractivity contribution >= 4 is 11.9 Å². The molecule has 0 fully saturated rings. The molecule has 5 nitrogen and oxygen atoms in total. The highest BCUT2D eigenvalue weighted by molar-refractivity contribution is 5.75. The smallest absolute Gasteiger partial charge is 0.305 e. The molecular weight excluding hydrogens is 160 g/mol. The number of hydrogen-bond donors (Lipinski definition) is 2. The third-order valence-corrected chi connectivity index (χ3v) is 1.26. The van der Waals surface area contributed by atoms with Crippen molar-refractivity contribution in [1.29, 1.82) is 0 Å². The Hall–Kier alpha value is -1.10. The Morgan fingerprint density at radius 3 is 2.67 bits per heavy atom. The van der Waals surface area contributed by atoms with Gasteiger partial charge in [-0.2, -0.15) is 0 Å². The molecule has 0 bridgehead atoms.